The van der Waals surface area contributed by atoms with E-state index in [4.69, 9.17) is 4.98 Å². The molecule has 38 heavy (non-hydrogen) atoms. The number of phenolic OH excluding ortho intramolecular Hbond substituents is 1. The lowest BCUT2D eigenvalue weighted by molar-refractivity contribution is 0.0642. The molecule has 0 bridgehead atoms. The molecular weight excluding hydrogens is 474 g/mol. The van der Waals surface area contributed by atoms with Crippen LogP contribution in [0.4, 0.5) is 0 Å². The van der Waals surface area contributed by atoms with Gasteiger partial charge in [-0.15, -0.1) is 0 Å². The van der Waals surface area contributed by atoms with Gasteiger partial charge in [-0.25, -0.2) is 4.98 Å². The first-order valence-electron chi connectivity index (χ1n) is 12.3. The van der Waals surface area contributed by atoms with E-state index >= 15 is 0 Å². The molecule has 2 aromatic heterocycles. The zero-order valence-electron chi connectivity index (χ0n) is 20.2. The zero-order valence-corrected chi connectivity index (χ0v) is 20.2. The molecule has 0 unspecified atom stereocenters. The van der Waals surface area contributed by atoms with Gasteiger partial charge in [-0.1, -0.05) is 66.7 Å². The molecule has 6 nitrogen and oxygen atoms in total. The molecule has 7 rings (SSSR count). The van der Waals surface area contributed by atoms with Crippen LogP contribution in [-0.4, -0.2) is 31.2 Å². The molecular formula is C32H21N3O3. The lowest BCUT2D eigenvalue weighted by Crippen LogP contribution is -2.29. The summed E-state index contributed by atoms with van der Waals surface area (Å²) in [4.78, 5) is 32.5. The largest absolute Gasteiger partial charge is 0.508 e. The fraction of sp³-hybridized carbons (Fsp3) is 0.0312. The van der Waals surface area contributed by atoms with Gasteiger partial charge in [0.2, 0.25) is 0 Å². The number of imidazole rings is 1. The molecule has 6 heteroatoms. The van der Waals surface area contributed by atoms with Gasteiger partial charge in [0.15, 0.2) is 0 Å². The van der Waals surface area contributed by atoms with Crippen LogP contribution in [0, 0.1) is 0 Å². The topological polar surface area (TPSA) is 74.9 Å². The van der Waals surface area contributed by atoms with Gasteiger partial charge in [0.25, 0.3) is 11.8 Å². The fourth-order valence-electron chi connectivity index (χ4n) is 5.29. The third-order valence-electron chi connectivity index (χ3n) is 7.11. The second-order valence-corrected chi connectivity index (χ2v) is 9.34. The highest BCUT2D eigenvalue weighted by molar-refractivity contribution is 6.21. The number of fused-ring (bicyclic) bond motifs is 6. The van der Waals surface area contributed by atoms with E-state index in [2.05, 4.69) is 0 Å². The number of imide groups is 1. The third kappa shape index (κ3) is 3.31. The molecule has 6 aromatic rings. The van der Waals surface area contributed by atoms with Gasteiger partial charge in [0.1, 0.15) is 11.4 Å². The maximum Gasteiger partial charge on any atom is 0.261 e. The molecule has 0 saturated heterocycles. The van der Waals surface area contributed by atoms with Gasteiger partial charge in [-0.05, 0) is 53.6 Å². The van der Waals surface area contributed by atoms with Crippen molar-refractivity contribution in [3.63, 3.8) is 0 Å². The number of amides is 2. The number of aromatic hydroxyl groups is 1. The van der Waals surface area contributed by atoms with Crippen LogP contribution in [-0.2, 0) is 6.54 Å². The van der Waals surface area contributed by atoms with Crippen molar-refractivity contribution in [3.8, 4) is 5.75 Å². The molecule has 4 aromatic carbocycles. The standard InChI is InChI=1S/C32H21N3O3/c36-28-17-16-22-21(15-14-20-8-2-1-3-9-20)18-29-33-26-12-6-7-13-27(26)35(29)30(22)25(28)19-34-31(37)23-10-4-5-11-24(23)32(34)38/h1-18,36H,19H2/b15-14+. The Labute approximate surface area is 217 Å². The van der Waals surface area contributed by atoms with Crippen LogP contribution in [0.15, 0.2) is 97.1 Å². The van der Waals surface area contributed by atoms with E-state index in [1.54, 1.807) is 30.3 Å². The summed E-state index contributed by atoms with van der Waals surface area (Å²) < 4.78 is 2.00. The molecule has 0 atom stereocenters. The van der Waals surface area contributed by atoms with Crippen molar-refractivity contribution in [2.24, 2.45) is 0 Å². The van der Waals surface area contributed by atoms with Crippen LogP contribution < -0.4 is 0 Å². The number of hydrogen-bond acceptors (Lipinski definition) is 4. The average Bonchev–Trinajstić information content (AvgIpc) is 3.44. The Morgan fingerprint density at radius 1 is 0.763 bits per heavy atom. The van der Waals surface area contributed by atoms with E-state index in [0.29, 0.717) is 27.9 Å². The lowest BCUT2D eigenvalue weighted by Gasteiger charge is -2.18. The Morgan fingerprint density at radius 2 is 1.45 bits per heavy atom. The molecule has 0 spiro atoms. The second-order valence-electron chi connectivity index (χ2n) is 9.34. The van der Waals surface area contributed by atoms with Crippen molar-refractivity contribution >= 4 is 51.5 Å². The van der Waals surface area contributed by atoms with Crippen molar-refractivity contribution in [2.75, 3.05) is 0 Å². The number of para-hydroxylation sites is 2. The Balaban J connectivity index is 1.48. The van der Waals surface area contributed by atoms with E-state index in [0.717, 1.165) is 27.5 Å². The van der Waals surface area contributed by atoms with Gasteiger partial charge in [-0.3, -0.25) is 18.9 Å². The highest BCUT2D eigenvalue weighted by Gasteiger charge is 2.36. The smallest absolute Gasteiger partial charge is 0.261 e. The minimum Gasteiger partial charge on any atom is -0.508 e. The summed E-state index contributed by atoms with van der Waals surface area (Å²) >= 11 is 0. The van der Waals surface area contributed by atoms with Crippen LogP contribution in [0.3, 0.4) is 0 Å². The van der Waals surface area contributed by atoms with Crippen LogP contribution in [0.5, 0.6) is 5.75 Å². The molecule has 182 valence electrons. The van der Waals surface area contributed by atoms with Gasteiger partial charge >= 0.3 is 0 Å². The van der Waals surface area contributed by atoms with Crippen LogP contribution in [0.2, 0.25) is 0 Å². The highest BCUT2D eigenvalue weighted by atomic mass is 16.3. The Bertz CT molecular complexity index is 1920. The van der Waals surface area contributed by atoms with Gasteiger partial charge in [0, 0.05) is 10.9 Å². The minimum atomic E-state index is -0.367. The SMILES string of the molecule is O=C1c2ccccc2C(=O)N1Cc1c(O)ccc2c(/C=C/c3ccccc3)cc3nc4ccccc4n3c12. The van der Waals surface area contributed by atoms with E-state index in [9.17, 15) is 14.7 Å². The predicted octanol–water partition coefficient (Wildman–Crippen LogP) is 6.31. The van der Waals surface area contributed by atoms with Gasteiger partial charge in [0.05, 0.1) is 34.2 Å². The number of rotatable bonds is 4. The van der Waals surface area contributed by atoms with Crippen molar-refractivity contribution in [3.05, 3.63) is 125 Å². The summed E-state index contributed by atoms with van der Waals surface area (Å²) in [6, 6.07) is 30.1. The summed E-state index contributed by atoms with van der Waals surface area (Å²) in [7, 11) is 0. The van der Waals surface area contributed by atoms with E-state index in [-0.39, 0.29) is 24.1 Å². The lowest BCUT2D eigenvalue weighted by atomic mass is 10.0. The normalized spacial score (nSPS) is 13.4. The Kier molecular flexibility index (Phi) is 4.88. The number of hydrogen-bond donors (Lipinski definition) is 1. The molecule has 0 saturated carbocycles. The fourth-order valence-corrected chi connectivity index (χ4v) is 5.29. The number of benzene rings is 4. The minimum absolute atomic E-state index is 0.0114. The Hall–Kier alpha value is -5.23. The van der Waals surface area contributed by atoms with Crippen molar-refractivity contribution < 1.29 is 14.7 Å². The maximum absolute atomic E-state index is 13.2. The van der Waals surface area contributed by atoms with Gasteiger partial charge < -0.3 is 5.11 Å². The highest BCUT2D eigenvalue weighted by Crippen LogP contribution is 2.36. The molecule has 0 fully saturated rings. The molecule has 1 N–H and O–H groups in total. The molecule has 0 aliphatic carbocycles. The first-order chi connectivity index (χ1) is 18.6. The number of aromatic nitrogens is 2. The van der Waals surface area contributed by atoms with Crippen molar-refractivity contribution in [1.82, 2.24) is 14.3 Å². The number of pyridine rings is 1. The monoisotopic (exact) mass is 495 g/mol. The predicted molar refractivity (Wildman–Crippen MR) is 148 cm³/mol. The summed E-state index contributed by atoms with van der Waals surface area (Å²) in [5.41, 5.74) is 6.31. The summed E-state index contributed by atoms with van der Waals surface area (Å²) in [5.74, 6) is -0.722. The van der Waals surface area contributed by atoms with Crippen LogP contribution in [0.1, 0.15) is 37.4 Å². The maximum atomic E-state index is 13.2. The summed E-state index contributed by atoms with van der Waals surface area (Å²) in [5, 5.41) is 12.0. The second kappa shape index (κ2) is 8.42. The quantitative estimate of drug-likeness (QED) is 0.291. The zero-order chi connectivity index (χ0) is 25.8. The molecule has 0 radical (unpaired) electrons. The number of carbonyl (C=O) groups is 2. The third-order valence-corrected chi connectivity index (χ3v) is 7.11. The number of phenols is 1. The van der Waals surface area contributed by atoms with Crippen molar-refractivity contribution in [1.29, 1.82) is 0 Å². The molecule has 1 aliphatic rings. The average molecular weight is 496 g/mol. The van der Waals surface area contributed by atoms with Gasteiger partial charge in [-0.2, -0.15) is 0 Å². The molecule has 3 heterocycles. The number of nitrogens with zero attached hydrogens (tertiary/aromatic N) is 3. The van der Waals surface area contributed by atoms with E-state index < -0.39 is 0 Å². The van der Waals surface area contributed by atoms with Crippen molar-refractivity contribution in [2.45, 2.75) is 6.54 Å². The number of carbonyl (C=O) groups excluding carboxylic acids is 2. The van der Waals surface area contributed by atoms with Crippen LogP contribution >= 0.6 is 0 Å². The van der Waals surface area contributed by atoms with E-state index in [1.807, 2.05) is 83.3 Å². The molecule has 1 aliphatic heterocycles. The summed E-state index contributed by atoms with van der Waals surface area (Å²) in [6.45, 7) is -0.0665. The molecule has 2 amide bonds. The summed E-state index contributed by atoms with van der Waals surface area (Å²) in [6.07, 6.45) is 4.06. The Morgan fingerprint density at radius 3 is 2.21 bits per heavy atom. The first kappa shape index (κ1) is 22.0. The van der Waals surface area contributed by atoms with E-state index in [1.165, 1.54) is 4.90 Å². The first-order valence-corrected chi connectivity index (χ1v) is 12.3. The van der Waals surface area contributed by atoms with Crippen LogP contribution in [0.25, 0.3) is 39.7 Å².